The second-order valence-electron chi connectivity index (χ2n) is 4.39. The van der Waals surface area contributed by atoms with Crippen LogP contribution in [-0.2, 0) is 12.8 Å². The molecular formula is C11H14ClN3. The zero-order valence-corrected chi connectivity index (χ0v) is 9.35. The molecule has 1 heterocycles. The molecule has 3 rings (SSSR count). The van der Waals surface area contributed by atoms with Crippen molar-refractivity contribution in [3.8, 4) is 0 Å². The van der Waals surface area contributed by atoms with Crippen LogP contribution in [0.3, 0.4) is 0 Å². The SMILES string of the molecule is Clc1nc(NC2CC2)nc2c1CCCC2. The summed E-state index contributed by atoms with van der Waals surface area (Å²) in [5.74, 6) is 0.725. The monoisotopic (exact) mass is 223 g/mol. The number of anilines is 1. The van der Waals surface area contributed by atoms with Crippen molar-refractivity contribution in [2.75, 3.05) is 5.32 Å². The van der Waals surface area contributed by atoms with Gasteiger partial charge in [-0.15, -0.1) is 0 Å². The first kappa shape index (κ1) is 9.40. The van der Waals surface area contributed by atoms with Gasteiger partial charge in [-0.05, 0) is 38.5 Å². The third-order valence-electron chi connectivity index (χ3n) is 3.04. The van der Waals surface area contributed by atoms with E-state index in [-0.39, 0.29) is 0 Å². The molecule has 0 saturated heterocycles. The largest absolute Gasteiger partial charge is 0.351 e. The smallest absolute Gasteiger partial charge is 0.224 e. The predicted molar refractivity (Wildman–Crippen MR) is 60.3 cm³/mol. The van der Waals surface area contributed by atoms with Crippen LogP contribution >= 0.6 is 11.6 Å². The first-order valence-corrected chi connectivity index (χ1v) is 6.02. The second-order valence-corrected chi connectivity index (χ2v) is 4.75. The van der Waals surface area contributed by atoms with Crippen molar-refractivity contribution in [3.63, 3.8) is 0 Å². The van der Waals surface area contributed by atoms with Crippen molar-refractivity contribution in [2.24, 2.45) is 0 Å². The van der Waals surface area contributed by atoms with Gasteiger partial charge in [0.05, 0.1) is 5.69 Å². The highest BCUT2D eigenvalue weighted by Gasteiger charge is 2.23. The minimum atomic E-state index is 0.586. The van der Waals surface area contributed by atoms with E-state index < -0.39 is 0 Å². The molecule has 0 aromatic carbocycles. The number of rotatable bonds is 2. The molecule has 15 heavy (non-hydrogen) atoms. The molecule has 4 heteroatoms. The number of fused-ring (bicyclic) bond motifs is 1. The molecule has 0 radical (unpaired) electrons. The Bertz CT molecular complexity index is 388. The van der Waals surface area contributed by atoms with Gasteiger partial charge in [-0.25, -0.2) is 9.97 Å². The molecule has 0 bridgehead atoms. The van der Waals surface area contributed by atoms with Crippen LogP contribution < -0.4 is 5.32 Å². The van der Waals surface area contributed by atoms with Gasteiger partial charge in [0.25, 0.3) is 0 Å². The Morgan fingerprint density at radius 3 is 2.73 bits per heavy atom. The lowest BCUT2D eigenvalue weighted by Crippen LogP contribution is -2.12. The van der Waals surface area contributed by atoms with E-state index in [0.717, 1.165) is 24.5 Å². The third kappa shape index (κ3) is 1.93. The number of hydrogen-bond acceptors (Lipinski definition) is 3. The van der Waals surface area contributed by atoms with Gasteiger partial charge >= 0.3 is 0 Å². The lowest BCUT2D eigenvalue weighted by molar-refractivity contribution is 0.663. The maximum atomic E-state index is 6.16. The molecule has 0 amide bonds. The van der Waals surface area contributed by atoms with E-state index in [4.69, 9.17) is 11.6 Å². The number of aryl methyl sites for hydroxylation is 1. The summed E-state index contributed by atoms with van der Waals surface area (Å²) in [7, 11) is 0. The maximum Gasteiger partial charge on any atom is 0.224 e. The molecular weight excluding hydrogens is 210 g/mol. The highest BCUT2D eigenvalue weighted by Crippen LogP contribution is 2.28. The summed E-state index contributed by atoms with van der Waals surface area (Å²) < 4.78 is 0. The standard InChI is InChI=1S/C11H14ClN3/c12-10-8-3-1-2-4-9(8)14-11(15-10)13-7-5-6-7/h7H,1-6H2,(H,13,14,15). The predicted octanol–water partition coefficient (Wildman–Crippen LogP) is 2.58. The van der Waals surface area contributed by atoms with Gasteiger partial charge in [0.1, 0.15) is 5.15 Å². The lowest BCUT2D eigenvalue weighted by atomic mass is 9.97. The molecule has 1 saturated carbocycles. The molecule has 2 aliphatic carbocycles. The van der Waals surface area contributed by atoms with Crippen molar-refractivity contribution in [3.05, 3.63) is 16.4 Å². The van der Waals surface area contributed by atoms with Crippen molar-refractivity contribution < 1.29 is 0 Å². The van der Waals surface area contributed by atoms with Crippen LogP contribution in [0.2, 0.25) is 5.15 Å². The van der Waals surface area contributed by atoms with Crippen LogP contribution in [0.4, 0.5) is 5.95 Å². The van der Waals surface area contributed by atoms with E-state index in [1.54, 1.807) is 0 Å². The molecule has 0 unspecified atom stereocenters. The van der Waals surface area contributed by atoms with Gasteiger partial charge in [-0.3, -0.25) is 0 Å². The topological polar surface area (TPSA) is 37.8 Å². The number of nitrogens with zero attached hydrogens (tertiary/aromatic N) is 2. The molecule has 0 atom stereocenters. The Hall–Kier alpha value is -0.830. The van der Waals surface area contributed by atoms with Gasteiger partial charge in [0.2, 0.25) is 5.95 Å². The summed E-state index contributed by atoms with van der Waals surface area (Å²) in [5.41, 5.74) is 2.33. The molecule has 1 fully saturated rings. The van der Waals surface area contributed by atoms with Crippen LogP contribution in [0.1, 0.15) is 36.9 Å². The molecule has 1 aromatic heterocycles. The van der Waals surface area contributed by atoms with Crippen molar-refractivity contribution in [1.82, 2.24) is 9.97 Å². The van der Waals surface area contributed by atoms with E-state index in [9.17, 15) is 0 Å². The average molecular weight is 224 g/mol. The van der Waals surface area contributed by atoms with Crippen LogP contribution in [0.25, 0.3) is 0 Å². The highest BCUT2D eigenvalue weighted by molar-refractivity contribution is 6.30. The minimum Gasteiger partial charge on any atom is -0.351 e. The number of nitrogens with one attached hydrogen (secondary N) is 1. The third-order valence-corrected chi connectivity index (χ3v) is 3.36. The van der Waals surface area contributed by atoms with Gasteiger partial charge in [0, 0.05) is 11.6 Å². The van der Waals surface area contributed by atoms with E-state index in [1.807, 2.05) is 0 Å². The molecule has 1 aromatic rings. The van der Waals surface area contributed by atoms with Crippen LogP contribution in [-0.4, -0.2) is 16.0 Å². The van der Waals surface area contributed by atoms with Gasteiger partial charge in [-0.1, -0.05) is 11.6 Å². The second kappa shape index (κ2) is 3.63. The molecule has 0 aliphatic heterocycles. The Labute approximate surface area is 94.3 Å². The molecule has 0 spiro atoms. The van der Waals surface area contributed by atoms with E-state index in [0.29, 0.717) is 11.2 Å². The Balaban J connectivity index is 1.92. The van der Waals surface area contributed by atoms with Crippen molar-refractivity contribution in [1.29, 1.82) is 0 Å². The Morgan fingerprint density at radius 1 is 1.13 bits per heavy atom. The summed E-state index contributed by atoms with van der Waals surface area (Å²) in [6, 6.07) is 0.586. The normalized spacial score (nSPS) is 19.8. The summed E-state index contributed by atoms with van der Waals surface area (Å²) in [4.78, 5) is 8.86. The van der Waals surface area contributed by atoms with Gasteiger partial charge in [-0.2, -0.15) is 0 Å². The molecule has 80 valence electrons. The van der Waals surface area contributed by atoms with Crippen LogP contribution in [0.15, 0.2) is 0 Å². The number of aromatic nitrogens is 2. The Morgan fingerprint density at radius 2 is 1.93 bits per heavy atom. The molecule has 1 N–H and O–H groups in total. The fourth-order valence-electron chi connectivity index (χ4n) is 2.02. The van der Waals surface area contributed by atoms with E-state index in [1.165, 1.54) is 31.2 Å². The van der Waals surface area contributed by atoms with E-state index in [2.05, 4.69) is 15.3 Å². The fraction of sp³-hybridized carbons (Fsp3) is 0.636. The molecule has 3 nitrogen and oxygen atoms in total. The highest BCUT2D eigenvalue weighted by atomic mass is 35.5. The maximum absolute atomic E-state index is 6.16. The minimum absolute atomic E-state index is 0.586. The first-order valence-electron chi connectivity index (χ1n) is 5.65. The van der Waals surface area contributed by atoms with Gasteiger partial charge < -0.3 is 5.32 Å². The van der Waals surface area contributed by atoms with E-state index >= 15 is 0 Å². The van der Waals surface area contributed by atoms with Crippen molar-refractivity contribution >= 4 is 17.5 Å². The molecule has 2 aliphatic rings. The summed E-state index contributed by atoms with van der Waals surface area (Å²) in [6.07, 6.45) is 7.00. The van der Waals surface area contributed by atoms with Crippen LogP contribution in [0, 0.1) is 0 Å². The summed E-state index contributed by atoms with van der Waals surface area (Å²) >= 11 is 6.16. The Kier molecular flexibility index (Phi) is 2.28. The number of hydrogen-bond donors (Lipinski definition) is 1. The summed E-state index contributed by atoms with van der Waals surface area (Å²) in [6.45, 7) is 0. The van der Waals surface area contributed by atoms with Crippen LogP contribution in [0.5, 0.6) is 0 Å². The summed E-state index contributed by atoms with van der Waals surface area (Å²) in [5, 5.41) is 3.96. The lowest BCUT2D eigenvalue weighted by Gasteiger charge is -2.16. The fourth-order valence-corrected chi connectivity index (χ4v) is 2.31. The van der Waals surface area contributed by atoms with Crippen molar-refractivity contribution in [2.45, 2.75) is 44.6 Å². The zero-order chi connectivity index (χ0) is 10.3. The van der Waals surface area contributed by atoms with Gasteiger partial charge in [0.15, 0.2) is 0 Å². The quantitative estimate of drug-likeness (QED) is 0.784. The first-order chi connectivity index (χ1) is 7.33. The average Bonchev–Trinajstić information content (AvgIpc) is 3.02. The number of halogens is 1. The zero-order valence-electron chi connectivity index (χ0n) is 8.59.